The summed E-state index contributed by atoms with van der Waals surface area (Å²) in [5.74, 6) is 0.519. The van der Waals surface area contributed by atoms with Gasteiger partial charge in [-0.25, -0.2) is 0 Å². The van der Waals surface area contributed by atoms with Crippen LogP contribution in [0, 0.1) is 0 Å². The van der Waals surface area contributed by atoms with Gasteiger partial charge in [0.05, 0.1) is 16.1 Å². The van der Waals surface area contributed by atoms with Crippen molar-refractivity contribution in [2.75, 3.05) is 5.32 Å². The summed E-state index contributed by atoms with van der Waals surface area (Å²) >= 11 is 12.1. The summed E-state index contributed by atoms with van der Waals surface area (Å²) in [5, 5.41) is 4.87. The normalized spacial score (nSPS) is 17.1. The highest BCUT2D eigenvalue weighted by atomic mass is 35.5. The molecule has 104 valence electrons. The van der Waals surface area contributed by atoms with Gasteiger partial charge in [0, 0.05) is 5.69 Å². The zero-order valence-electron chi connectivity index (χ0n) is 11.6. The van der Waals surface area contributed by atoms with Crippen molar-refractivity contribution in [2.24, 2.45) is 0 Å². The molecule has 0 spiro atoms. The fourth-order valence-electron chi connectivity index (χ4n) is 2.82. The molecule has 0 saturated carbocycles. The van der Waals surface area contributed by atoms with Crippen molar-refractivity contribution in [3.63, 3.8) is 0 Å². The van der Waals surface area contributed by atoms with E-state index in [1.807, 2.05) is 18.2 Å². The number of anilines is 1. The third kappa shape index (κ3) is 2.41. The number of hydrogen-bond acceptors (Lipinski definition) is 1. The molecular weight excluding hydrogens is 289 g/mol. The molecule has 1 heterocycles. The van der Waals surface area contributed by atoms with Gasteiger partial charge >= 0.3 is 0 Å². The van der Waals surface area contributed by atoms with Crippen molar-refractivity contribution < 1.29 is 0 Å². The summed E-state index contributed by atoms with van der Waals surface area (Å²) in [5.41, 5.74) is 5.24. The molecule has 0 aliphatic carbocycles. The number of fused-ring (bicyclic) bond motifs is 1. The first-order valence-corrected chi connectivity index (χ1v) is 7.65. The Kier molecular flexibility index (Phi) is 3.66. The maximum atomic E-state index is 6.13. The topological polar surface area (TPSA) is 12.0 Å². The van der Waals surface area contributed by atoms with E-state index in [9.17, 15) is 0 Å². The second-order valence-electron chi connectivity index (χ2n) is 5.61. The van der Waals surface area contributed by atoms with E-state index < -0.39 is 0 Å². The highest BCUT2D eigenvalue weighted by molar-refractivity contribution is 6.42. The number of nitrogens with one attached hydrogen (secondary N) is 1. The molecule has 1 unspecified atom stereocenters. The minimum Gasteiger partial charge on any atom is -0.377 e. The quantitative estimate of drug-likeness (QED) is 0.736. The van der Waals surface area contributed by atoms with Crippen molar-refractivity contribution in [1.29, 1.82) is 0 Å². The molecule has 1 aliphatic rings. The summed E-state index contributed by atoms with van der Waals surface area (Å²) in [6, 6.07) is 12.7. The molecule has 0 amide bonds. The molecule has 3 heteroatoms. The first-order chi connectivity index (χ1) is 9.56. The smallest absolute Gasteiger partial charge is 0.0595 e. The third-order valence-electron chi connectivity index (χ3n) is 3.89. The van der Waals surface area contributed by atoms with E-state index >= 15 is 0 Å². The van der Waals surface area contributed by atoms with Crippen LogP contribution in [-0.4, -0.2) is 0 Å². The van der Waals surface area contributed by atoms with Gasteiger partial charge in [-0.3, -0.25) is 0 Å². The standard InChI is InChI=1S/C17H17Cl2N/c1-10(2)13-5-3-4-12-9-16(20-17(12)13)11-6-7-14(18)15(19)8-11/h3-8,10,16,20H,9H2,1-2H3. The van der Waals surface area contributed by atoms with Crippen LogP contribution in [0.1, 0.15) is 42.5 Å². The van der Waals surface area contributed by atoms with Crippen molar-refractivity contribution in [3.05, 3.63) is 63.1 Å². The van der Waals surface area contributed by atoms with E-state index in [4.69, 9.17) is 23.2 Å². The van der Waals surface area contributed by atoms with Gasteiger partial charge in [0.25, 0.3) is 0 Å². The van der Waals surface area contributed by atoms with Crippen LogP contribution in [0.25, 0.3) is 0 Å². The Bertz CT molecular complexity index is 649. The molecule has 0 aromatic heterocycles. The van der Waals surface area contributed by atoms with Crippen molar-refractivity contribution in [1.82, 2.24) is 0 Å². The van der Waals surface area contributed by atoms with Gasteiger partial charge in [0.2, 0.25) is 0 Å². The Balaban J connectivity index is 1.94. The number of hydrogen-bond donors (Lipinski definition) is 1. The predicted octanol–water partition coefficient (Wildman–Crippen LogP) is 5.83. The first-order valence-electron chi connectivity index (χ1n) is 6.89. The summed E-state index contributed by atoms with van der Waals surface area (Å²) in [4.78, 5) is 0. The predicted molar refractivity (Wildman–Crippen MR) is 87.1 cm³/mol. The van der Waals surface area contributed by atoms with Gasteiger partial charge < -0.3 is 5.32 Å². The molecule has 2 aromatic carbocycles. The van der Waals surface area contributed by atoms with Gasteiger partial charge in [-0.15, -0.1) is 0 Å². The van der Waals surface area contributed by atoms with E-state index in [0.29, 0.717) is 16.0 Å². The minimum absolute atomic E-state index is 0.277. The van der Waals surface area contributed by atoms with Gasteiger partial charge in [-0.2, -0.15) is 0 Å². The lowest BCUT2D eigenvalue weighted by Crippen LogP contribution is -2.06. The molecule has 2 aromatic rings. The van der Waals surface area contributed by atoms with Crippen LogP contribution in [0.3, 0.4) is 0 Å². The average molecular weight is 306 g/mol. The SMILES string of the molecule is CC(C)c1cccc2c1NC(c1ccc(Cl)c(Cl)c1)C2. The highest BCUT2D eigenvalue weighted by Crippen LogP contribution is 2.40. The Hall–Kier alpha value is -1.18. The molecular formula is C17H17Cl2N. The summed E-state index contributed by atoms with van der Waals surface area (Å²) in [6.45, 7) is 4.45. The molecule has 0 saturated heterocycles. The Morgan fingerprint density at radius 1 is 1.10 bits per heavy atom. The van der Waals surface area contributed by atoms with E-state index in [1.54, 1.807) is 0 Å². The molecule has 20 heavy (non-hydrogen) atoms. The van der Waals surface area contributed by atoms with Crippen LogP contribution >= 0.6 is 23.2 Å². The largest absolute Gasteiger partial charge is 0.377 e. The van der Waals surface area contributed by atoms with Crippen LogP contribution in [0.4, 0.5) is 5.69 Å². The van der Waals surface area contributed by atoms with Gasteiger partial charge in [0.15, 0.2) is 0 Å². The van der Waals surface area contributed by atoms with Gasteiger partial charge in [-0.1, -0.05) is 61.3 Å². The molecule has 1 N–H and O–H groups in total. The maximum absolute atomic E-state index is 6.13. The highest BCUT2D eigenvalue weighted by Gasteiger charge is 2.25. The lowest BCUT2D eigenvalue weighted by Gasteiger charge is -2.15. The van der Waals surface area contributed by atoms with Crippen LogP contribution in [0.2, 0.25) is 10.0 Å². The van der Waals surface area contributed by atoms with Crippen LogP contribution in [0.5, 0.6) is 0 Å². The number of rotatable bonds is 2. The van der Waals surface area contributed by atoms with E-state index in [1.165, 1.54) is 22.4 Å². The summed E-state index contributed by atoms with van der Waals surface area (Å²) < 4.78 is 0. The first kappa shape index (κ1) is 13.8. The monoisotopic (exact) mass is 305 g/mol. The molecule has 0 bridgehead atoms. The third-order valence-corrected chi connectivity index (χ3v) is 4.63. The molecule has 0 fully saturated rings. The van der Waals surface area contributed by atoms with E-state index in [2.05, 4.69) is 37.4 Å². The van der Waals surface area contributed by atoms with Gasteiger partial charge in [0.1, 0.15) is 0 Å². The van der Waals surface area contributed by atoms with E-state index in [-0.39, 0.29) is 6.04 Å². The fraction of sp³-hybridized carbons (Fsp3) is 0.294. The van der Waals surface area contributed by atoms with Crippen LogP contribution in [0.15, 0.2) is 36.4 Å². The maximum Gasteiger partial charge on any atom is 0.0595 e. The number of halogens is 2. The molecule has 1 nitrogen and oxygen atoms in total. The second-order valence-corrected chi connectivity index (χ2v) is 6.43. The van der Waals surface area contributed by atoms with Crippen LogP contribution in [-0.2, 0) is 6.42 Å². The second kappa shape index (κ2) is 5.31. The van der Waals surface area contributed by atoms with Gasteiger partial charge in [-0.05, 0) is 41.2 Å². The zero-order chi connectivity index (χ0) is 14.3. The Morgan fingerprint density at radius 3 is 2.60 bits per heavy atom. The van der Waals surface area contributed by atoms with Crippen molar-refractivity contribution in [2.45, 2.75) is 32.2 Å². The van der Waals surface area contributed by atoms with Crippen LogP contribution < -0.4 is 5.32 Å². The zero-order valence-corrected chi connectivity index (χ0v) is 13.1. The van der Waals surface area contributed by atoms with Crippen molar-refractivity contribution in [3.8, 4) is 0 Å². The summed E-state index contributed by atoms with van der Waals surface area (Å²) in [7, 11) is 0. The molecule has 1 aliphatic heterocycles. The number of benzene rings is 2. The summed E-state index contributed by atoms with van der Waals surface area (Å²) in [6.07, 6.45) is 0.994. The minimum atomic E-state index is 0.277. The fourth-order valence-corrected chi connectivity index (χ4v) is 3.13. The van der Waals surface area contributed by atoms with E-state index in [0.717, 1.165) is 6.42 Å². The molecule has 1 atom stereocenters. The number of para-hydroxylation sites is 1. The average Bonchev–Trinajstić information content (AvgIpc) is 2.85. The Labute approximate surface area is 129 Å². The lowest BCUT2D eigenvalue weighted by molar-refractivity contribution is 0.822. The molecule has 0 radical (unpaired) electrons. The molecule has 3 rings (SSSR count). The Morgan fingerprint density at radius 2 is 1.90 bits per heavy atom. The van der Waals surface area contributed by atoms with Crippen molar-refractivity contribution >= 4 is 28.9 Å². The lowest BCUT2D eigenvalue weighted by atomic mass is 9.97.